The van der Waals surface area contributed by atoms with Crippen molar-refractivity contribution in [3.8, 4) is 0 Å². The van der Waals surface area contributed by atoms with Crippen LogP contribution in [0.15, 0.2) is 0 Å². The molecule has 0 aliphatic carbocycles. The van der Waals surface area contributed by atoms with Gasteiger partial charge in [0.05, 0.1) is 6.61 Å². The molecule has 92 valence electrons. The topological polar surface area (TPSA) is 66.8 Å². The summed E-state index contributed by atoms with van der Waals surface area (Å²) in [6, 6.07) is 0. The van der Waals surface area contributed by atoms with Crippen LogP contribution in [0.3, 0.4) is 0 Å². The van der Waals surface area contributed by atoms with Gasteiger partial charge in [-0.1, -0.05) is 0 Å². The Morgan fingerprint density at radius 3 is 2.62 bits per heavy atom. The predicted molar refractivity (Wildman–Crippen MR) is 58.1 cm³/mol. The van der Waals surface area contributed by atoms with Gasteiger partial charge in [-0.15, -0.1) is 0 Å². The van der Waals surface area contributed by atoms with Crippen LogP contribution in [0.25, 0.3) is 0 Å². The van der Waals surface area contributed by atoms with Crippen molar-refractivity contribution in [2.45, 2.75) is 32.1 Å². The summed E-state index contributed by atoms with van der Waals surface area (Å²) in [4.78, 5) is 23.8. The van der Waals surface area contributed by atoms with Crippen LogP contribution in [0.2, 0.25) is 0 Å². The molecule has 0 saturated carbocycles. The molecule has 5 heteroatoms. The monoisotopic (exact) mass is 229 g/mol. The third-order valence-electron chi connectivity index (χ3n) is 2.61. The number of ether oxygens (including phenoxy) is 1. The summed E-state index contributed by atoms with van der Waals surface area (Å²) < 4.78 is 5.26. The van der Waals surface area contributed by atoms with Gasteiger partial charge < -0.3 is 14.7 Å². The van der Waals surface area contributed by atoms with Crippen LogP contribution in [0, 0.1) is 0 Å². The second kappa shape index (κ2) is 7.22. The van der Waals surface area contributed by atoms with Crippen LogP contribution in [0.4, 0.5) is 0 Å². The first kappa shape index (κ1) is 13.0. The Bertz CT molecular complexity index is 234. The van der Waals surface area contributed by atoms with Crippen molar-refractivity contribution in [2.24, 2.45) is 0 Å². The fraction of sp³-hybridized carbons (Fsp3) is 0.818. The summed E-state index contributed by atoms with van der Waals surface area (Å²) in [5.41, 5.74) is 0. The Morgan fingerprint density at radius 2 is 1.88 bits per heavy atom. The Morgan fingerprint density at radius 1 is 1.12 bits per heavy atom. The molecule has 5 nitrogen and oxygen atoms in total. The van der Waals surface area contributed by atoms with E-state index in [0.29, 0.717) is 32.4 Å². The number of rotatable bonds is 5. The molecule has 0 unspecified atom stereocenters. The van der Waals surface area contributed by atoms with Crippen molar-refractivity contribution in [1.82, 2.24) is 4.90 Å². The molecule has 1 aliphatic rings. The van der Waals surface area contributed by atoms with Gasteiger partial charge in [-0.25, -0.2) is 0 Å². The van der Waals surface area contributed by atoms with Gasteiger partial charge in [-0.05, 0) is 19.3 Å². The Hall–Kier alpha value is -1.10. The summed E-state index contributed by atoms with van der Waals surface area (Å²) in [5, 5.41) is 8.45. The maximum absolute atomic E-state index is 11.7. The molecular formula is C11H19NO4. The molecule has 1 fully saturated rings. The first-order chi connectivity index (χ1) is 7.70. The van der Waals surface area contributed by atoms with E-state index in [0.717, 1.165) is 19.6 Å². The fourth-order valence-electron chi connectivity index (χ4n) is 1.71. The van der Waals surface area contributed by atoms with E-state index < -0.39 is 5.97 Å². The molecule has 0 radical (unpaired) electrons. The number of amides is 1. The van der Waals surface area contributed by atoms with E-state index in [1.165, 1.54) is 0 Å². The molecule has 0 aromatic rings. The second-order valence-corrected chi connectivity index (χ2v) is 3.95. The smallest absolute Gasteiger partial charge is 0.303 e. The highest BCUT2D eigenvalue weighted by Gasteiger charge is 2.14. The molecule has 1 rings (SSSR count). The number of hydrogen-bond donors (Lipinski definition) is 1. The predicted octanol–water partition coefficient (Wildman–Crippen LogP) is 0.880. The lowest BCUT2D eigenvalue weighted by Crippen LogP contribution is -2.32. The molecule has 0 bridgehead atoms. The number of carbonyl (C=O) groups is 2. The molecule has 1 saturated heterocycles. The molecule has 16 heavy (non-hydrogen) atoms. The van der Waals surface area contributed by atoms with Gasteiger partial charge in [-0.3, -0.25) is 9.59 Å². The fourth-order valence-corrected chi connectivity index (χ4v) is 1.71. The number of hydrogen-bond acceptors (Lipinski definition) is 3. The van der Waals surface area contributed by atoms with Gasteiger partial charge in [-0.2, -0.15) is 0 Å². The lowest BCUT2D eigenvalue weighted by molar-refractivity contribution is -0.137. The SMILES string of the molecule is O=C(O)CCCCC(=O)N1CCCOCC1. The van der Waals surface area contributed by atoms with Crippen LogP contribution < -0.4 is 0 Å². The molecule has 0 spiro atoms. The normalized spacial score (nSPS) is 16.9. The van der Waals surface area contributed by atoms with Crippen molar-refractivity contribution in [3.05, 3.63) is 0 Å². The summed E-state index contributed by atoms with van der Waals surface area (Å²) in [6.07, 6.45) is 2.72. The third kappa shape index (κ3) is 5.11. The molecule has 0 aromatic heterocycles. The number of carbonyl (C=O) groups excluding carboxylic acids is 1. The Kier molecular flexibility index (Phi) is 5.85. The zero-order chi connectivity index (χ0) is 11.8. The van der Waals surface area contributed by atoms with E-state index in [1.54, 1.807) is 0 Å². The van der Waals surface area contributed by atoms with Gasteiger partial charge >= 0.3 is 5.97 Å². The summed E-state index contributed by atoms with van der Waals surface area (Å²) in [7, 11) is 0. The van der Waals surface area contributed by atoms with Gasteiger partial charge in [0.2, 0.25) is 5.91 Å². The van der Waals surface area contributed by atoms with Gasteiger partial charge in [0.15, 0.2) is 0 Å². The van der Waals surface area contributed by atoms with Gasteiger partial charge in [0.25, 0.3) is 0 Å². The Balaban J connectivity index is 2.15. The van der Waals surface area contributed by atoms with Crippen molar-refractivity contribution in [1.29, 1.82) is 0 Å². The highest BCUT2D eigenvalue weighted by atomic mass is 16.5. The minimum absolute atomic E-state index is 0.121. The molecule has 1 N–H and O–H groups in total. The molecule has 0 atom stereocenters. The maximum Gasteiger partial charge on any atom is 0.303 e. The van der Waals surface area contributed by atoms with Crippen LogP contribution >= 0.6 is 0 Å². The lowest BCUT2D eigenvalue weighted by Gasteiger charge is -2.19. The third-order valence-corrected chi connectivity index (χ3v) is 2.61. The molecule has 1 heterocycles. The summed E-state index contributed by atoms with van der Waals surface area (Å²) in [5.74, 6) is -0.675. The van der Waals surface area contributed by atoms with Crippen LogP contribution in [-0.2, 0) is 14.3 Å². The van der Waals surface area contributed by atoms with Crippen molar-refractivity contribution in [3.63, 3.8) is 0 Å². The number of carboxylic acid groups (broad SMARTS) is 1. The molecule has 1 aliphatic heterocycles. The average molecular weight is 229 g/mol. The van der Waals surface area contributed by atoms with E-state index in [2.05, 4.69) is 0 Å². The van der Waals surface area contributed by atoms with Crippen molar-refractivity contribution >= 4 is 11.9 Å². The van der Waals surface area contributed by atoms with Gasteiger partial charge in [0.1, 0.15) is 0 Å². The largest absolute Gasteiger partial charge is 0.481 e. The number of carboxylic acids is 1. The first-order valence-corrected chi connectivity index (χ1v) is 5.77. The molecule has 0 aromatic carbocycles. The van der Waals surface area contributed by atoms with Crippen LogP contribution in [0.5, 0.6) is 0 Å². The quantitative estimate of drug-likeness (QED) is 0.711. The minimum atomic E-state index is -0.796. The van der Waals surface area contributed by atoms with E-state index in [-0.39, 0.29) is 12.3 Å². The lowest BCUT2D eigenvalue weighted by atomic mass is 10.2. The first-order valence-electron chi connectivity index (χ1n) is 5.77. The second-order valence-electron chi connectivity index (χ2n) is 3.95. The van der Waals surface area contributed by atoms with Crippen LogP contribution in [-0.4, -0.2) is 48.2 Å². The number of nitrogens with zero attached hydrogens (tertiary/aromatic N) is 1. The zero-order valence-electron chi connectivity index (χ0n) is 9.48. The Labute approximate surface area is 95.4 Å². The molecular weight excluding hydrogens is 210 g/mol. The van der Waals surface area contributed by atoms with Crippen LogP contribution in [0.1, 0.15) is 32.1 Å². The number of aliphatic carboxylic acids is 1. The zero-order valence-corrected chi connectivity index (χ0v) is 9.48. The minimum Gasteiger partial charge on any atom is -0.481 e. The maximum atomic E-state index is 11.7. The average Bonchev–Trinajstić information content (AvgIpc) is 2.52. The summed E-state index contributed by atoms with van der Waals surface area (Å²) in [6.45, 7) is 2.76. The van der Waals surface area contributed by atoms with Gasteiger partial charge in [0, 0.05) is 32.5 Å². The van der Waals surface area contributed by atoms with Crippen molar-refractivity contribution in [2.75, 3.05) is 26.3 Å². The summed E-state index contributed by atoms with van der Waals surface area (Å²) >= 11 is 0. The van der Waals surface area contributed by atoms with E-state index in [4.69, 9.17) is 9.84 Å². The molecule has 1 amide bonds. The number of unbranched alkanes of at least 4 members (excludes halogenated alkanes) is 1. The van der Waals surface area contributed by atoms with Crippen molar-refractivity contribution < 1.29 is 19.4 Å². The highest BCUT2D eigenvalue weighted by Crippen LogP contribution is 2.06. The van der Waals surface area contributed by atoms with E-state index in [9.17, 15) is 9.59 Å². The highest BCUT2D eigenvalue weighted by molar-refractivity contribution is 5.76. The van der Waals surface area contributed by atoms with E-state index >= 15 is 0 Å². The standard InChI is InChI=1S/C11H19NO4/c13-10(4-1-2-5-11(14)15)12-6-3-8-16-9-7-12/h1-9H2,(H,14,15). The van der Waals surface area contributed by atoms with E-state index in [1.807, 2.05) is 4.90 Å².